The molecule has 0 aliphatic carbocycles. The van der Waals surface area contributed by atoms with Gasteiger partial charge in [0.2, 0.25) is 0 Å². The number of aromatic amines is 1. The minimum absolute atomic E-state index is 0.274. The molecule has 0 spiro atoms. The Balaban J connectivity index is 2.06. The van der Waals surface area contributed by atoms with Crippen molar-refractivity contribution < 1.29 is 13.2 Å². The van der Waals surface area contributed by atoms with Crippen LogP contribution in [0.4, 0.5) is 19.0 Å². The summed E-state index contributed by atoms with van der Waals surface area (Å²) in [4.78, 5) is 1.22. The molecule has 3 nitrogen and oxygen atoms in total. The molecule has 7 heteroatoms. The van der Waals surface area contributed by atoms with Gasteiger partial charge < -0.3 is 4.90 Å². The molecule has 2 aromatic rings. The third kappa shape index (κ3) is 1.63. The Bertz CT molecular complexity index is 598. The first-order valence-electron chi connectivity index (χ1n) is 5.38. The summed E-state index contributed by atoms with van der Waals surface area (Å²) in [6.45, 7) is -1.06. The summed E-state index contributed by atoms with van der Waals surface area (Å²) < 4.78 is 39.6. The Kier molecular flexibility index (Phi) is 2.45. The van der Waals surface area contributed by atoms with Crippen LogP contribution in [0.3, 0.4) is 0 Å². The van der Waals surface area contributed by atoms with Gasteiger partial charge in [-0.1, -0.05) is 17.7 Å². The van der Waals surface area contributed by atoms with E-state index in [1.807, 2.05) is 0 Å². The minimum Gasteiger partial charge on any atom is -0.345 e. The fraction of sp³-hybridized carbons (Fsp3) is 0.364. The number of fused-ring (bicyclic) bond motifs is 1. The molecule has 1 aromatic carbocycles. The molecule has 0 radical (unpaired) electrons. The van der Waals surface area contributed by atoms with E-state index in [0.717, 1.165) is 0 Å². The van der Waals surface area contributed by atoms with Crippen molar-refractivity contribution in [3.8, 4) is 0 Å². The normalized spacial score (nSPS) is 22.9. The maximum absolute atomic E-state index is 13.2. The van der Waals surface area contributed by atoms with Crippen molar-refractivity contribution in [3.05, 3.63) is 23.2 Å². The maximum Gasteiger partial charge on any atom is 0.297 e. The molecule has 0 bridgehead atoms. The molecule has 1 aliphatic heterocycles. The first-order chi connectivity index (χ1) is 8.49. The number of anilines is 1. The summed E-state index contributed by atoms with van der Waals surface area (Å²) in [7, 11) is 0. The third-order valence-electron chi connectivity index (χ3n) is 3.06. The SMILES string of the molecule is FC1CN(c2n[nH]c3cccc(Cl)c23)CC1(F)F. The van der Waals surface area contributed by atoms with Crippen molar-refractivity contribution in [3.63, 3.8) is 0 Å². The lowest BCUT2D eigenvalue weighted by atomic mass is 10.2. The largest absolute Gasteiger partial charge is 0.345 e. The van der Waals surface area contributed by atoms with Gasteiger partial charge >= 0.3 is 0 Å². The third-order valence-corrected chi connectivity index (χ3v) is 3.37. The van der Waals surface area contributed by atoms with E-state index in [1.54, 1.807) is 18.2 Å². The van der Waals surface area contributed by atoms with Gasteiger partial charge in [0.25, 0.3) is 5.92 Å². The van der Waals surface area contributed by atoms with Crippen molar-refractivity contribution in [2.75, 3.05) is 18.0 Å². The predicted octanol–water partition coefficient (Wildman–Crippen LogP) is 3.01. The van der Waals surface area contributed by atoms with E-state index < -0.39 is 18.6 Å². The van der Waals surface area contributed by atoms with Crippen LogP contribution in [0.15, 0.2) is 18.2 Å². The van der Waals surface area contributed by atoms with Gasteiger partial charge in [-0.3, -0.25) is 5.10 Å². The molecule has 96 valence electrons. The van der Waals surface area contributed by atoms with E-state index in [4.69, 9.17) is 11.6 Å². The number of nitrogens with one attached hydrogen (secondary N) is 1. The second-order valence-corrected chi connectivity index (χ2v) is 4.73. The zero-order chi connectivity index (χ0) is 12.9. The number of alkyl halides is 3. The molecule has 1 aliphatic rings. The van der Waals surface area contributed by atoms with Gasteiger partial charge in [0, 0.05) is 0 Å². The Morgan fingerprint density at radius 3 is 2.89 bits per heavy atom. The summed E-state index contributed by atoms with van der Waals surface area (Å²) in [6, 6.07) is 5.10. The van der Waals surface area contributed by atoms with Crippen molar-refractivity contribution in [2.45, 2.75) is 12.1 Å². The Morgan fingerprint density at radius 1 is 1.44 bits per heavy atom. The standard InChI is InChI=1S/C11H9ClF3N3/c12-6-2-1-3-7-9(6)10(17-16-7)18-4-8(13)11(14,15)5-18/h1-3,8H,4-5H2,(H,16,17). The van der Waals surface area contributed by atoms with E-state index in [9.17, 15) is 13.2 Å². The number of rotatable bonds is 1. The highest BCUT2D eigenvalue weighted by atomic mass is 35.5. The zero-order valence-corrected chi connectivity index (χ0v) is 9.89. The van der Waals surface area contributed by atoms with Crippen molar-refractivity contribution in [1.82, 2.24) is 10.2 Å². The number of hydrogen-bond acceptors (Lipinski definition) is 2. The van der Waals surface area contributed by atoms with Crippen LogP contribution in [0.2, 0.25) is 5.02 Å². The number of nitrogens with zero attached hydrogens (tertiary/aromatic N) is 2. The van der Waals surface area contributed by atoms with E-state index in [1.165, 1.54) is 4.90 Å². The second kappa shape index (κ2) is 3.78. The lowest BCUT2D eigenvalue weighted by Gasteiger charge is -2.14. The molecular weight excluding hydrogens is 267 g/mol. The Morgan fingerprint density at radius 2 is 2.22 bits per heavy atom. The Labute approximate surface area is 106 Å². The van der Waals surface area contributed by atoms with Crippen molar-refractivity contribution in [2.24, 2.45) is 0 Å². The van der Waals surface area contributed by atoms with Gasteiger partial charge in [-0.2, -0.15) is 5.10 Å². The monoisotopic (exact) mass is 275 g/mol. The average Bonchev–Trinajstić information content (AvgIpc) is 2.82. The molecule has 1 fully saturated rings. The molecular formula is C11H9ClF3N3. The zero-order valence-electron chi connectivity index (χ0n) is 9.13. The fourth-order valence-electron chi connectivity index (χ4n) is 2.15. The van der Waals surface area contributed by atoms with Gasteiger partial charge in [0.05, 0.1) is 29.0 Å². The summed E-state index contributed by atoms with van der Waals surface area (Å²) in [5.74, 6) is -3.07. The van der Waals surface area contributed by atoms with Crippen molar-refractivity contribution >= 4 is 28.3 Å². The number of H-pyrrole nitrogens is 1. The lowest BCUT2D eigenvalue weighted by Crippen LogP contribution is -2.28. The topological polar surface area (TPSA) is 31.9 Å². The first-order valence-corrected chi connectivity index (χ1v) is 5.76. The van der Waals surface area contributed by atoms with Crippen LogP contribution in [0, 0.1) is 0 Å². The predicted molar refractivity (Wildman–Crippen MR) is 63.2 cm³/mol. The lowest BCUT2D eigenvalue weighted by molar-refractivity contribution is -0.0349. The number of benzene rings is 1. The molecule has 1 saturated heterocycles. The van der Waals surface area contributed by atoms with Gasteiger partial charge in [-0.25, -0.2) is 13.2 Å². The molecule has 3 rings (SSSR count). The van der Waals surface area contributed by atoms with Gasteiger partial charge in [-0.05, 0) is 12.1 Å². The van der Waals surface area contributed by atoms with Crippen LogP contribution < -0.4 is 4.90 Å². The molecule has 1 unspecified atom stereocenters. The van der Waals surface area contributed by atoms with E-state index in [0.29, 0.717) is 15.9 Å². The number of aromatic nitrogens is 2. The quantitative estimate of drug-likeness (QED) is 0.868. The molecule has 1 aromatic heterocycles. The van der Waals surface area contributed by atoms with Crippen LogP contribution in [-0.4, -0.2) is 35.4 Å². The molecule has 18 heavy (non-hydrogen) atoms. The van der Waals surface area contributed by atoms with Crippen LogP contribution in [-0.2, 0) is 0 Å². The molecule has 1 atom stereocenters. The van der Waals surface area contributed by atoms with Crippen molar-refractivity contribution in [1.29, 1.82) is 0 Å². The molecule has 0 amide bonds. The maximum atomic E-state index is 13.2. The second-order valence-electron chi connectivity index (χ2n) is 4.32. The first kappa shape index (κ1) is 11.6. The van der Waals surface area contributed by atoms with E-state index >= 15 is 0 Å². The summed E-state index contributed by atoms with van der Waals surface area (Å²) >= 11 is 6.02. The van der Waals surface area contributed by atoms with Gasteiger partial charge in [0.1, 0.15) is 0 Å². The average molecular weight is 276 g/mol. The number of halogens is 4. The smallest absolute Gasteiger partial charge is 0.297 e. The minimum atomic E-state index is -3.34. The highest BCUT2D eigenvalue weighted by Crippen LogP contribution is 2.37. The van der Waals surface area contributed by atoms with Crippen LogP contribution >= 0.6 is 11.6 Å². The van der Waals surface area contributed by atoms with Crippen LogP contribution in [0.1, 0.15) is 0 Å². The summed E-state index contributed by atoms with van der Waals surface area (Å²) in [5.41, 5.74) is 0.642. The van der Waals surface area contributed by atoms with Crippen LogP contribution in [0.5, 0.6) is 0 Å². The van der Waals surface area contributed by atoms with Crippen LogP contribution in [0.25, 0.3) is 10.9 Å². The summed E-state index contributed by atoms with van der Waals surface area (Å²) in [5, 5.41) is 7.61. The highest BCUT2D eigenvalue weighted by molar-refractivity contribution is 6.36. The highest BCUT2D eigenvalue weighted by Gasteiger charge is 2.49. The molecule has 2 heterocycles. The van der Waals surface area contributed by atoms with E-state index in [-0.39, 0.29) is 12.4 Å². The number of hydrogen-bond donors (Lipinski definition) is 1. The van der Waals surface area contributed by atoms with Gasteiger partial charge in [0.15, 0.2) is 12.0 Å². The van der Waals surface area contributed by atoms with Gasteiger partial charge in [-0.15, -0.1) is 0 Å². The molecule has 1 N–H and O–H groups in total. The summed E-state index contributed by atoms with van der Waals surface area (Å²) in [6.07, 6.45) is -2.17. The van der Waals surface area contributed by atoms with E-state index in [2.05, 4.69) is 10.2 Å². The Hall–Kier alpha value is -1.43. The molecule has 0 saturated carbocycles. The fourth-order valence-corrected chi connectivity index (χ4v) is 2.41.